The Morgan fingerprint density at radius 1 is 0.627 bits per heavy atom. The molecule has 292 valence electrons. The van der Waals surface area contributed by atoms with Crippen molar-refractivity contribution >= 4 is 0 Å². The molecule has 0 radical (unpaired) electrons. The molecule has 3 aliphatic heterocycles. The molecule has 1 saturated carbocycles. The minimum Gasteiger partial charge on any atom is -0.497 e. The monoisotopic (exact) mass is 735 g/mol. The van der Waals surface area contributed by atoms with E-state index in [1.807, 2.05) is 0 Å². The number of aliphatic hydroxyl groups is 7. The summed E-state index contributed by atoms with van der Waals surface area (Å²) in [6, 6.07) is 2.81. The molecule has 3 saturated heterocycles. The fraction of sp³-hybridized carbons (Fsp3) is 0.806. The van der Waals surface area contributed by atoms with Gasteiger partial charge in [0, 0.05) is 18.6 Å². The number of hydrogen-bond donors (Lipinski definition) is 12. The lowest BCUT2D eigenvalue weighted by molar-refractivity contribution is -0.315. The summed E-state index contributed by atoms with van der Waals surface area (Å²) >= 11 is 0. The highest BCUT2D eigenvalue weighted by molar-refractivity contribution is 5.26. The Kier molecular flexibility index (Phi) is 14.0. The predicted octanol–water partition coefficient (Wildman–Crippen LogP) is -6.63. The van der Waals surface area contributed by atoms with Crippen molar-refractivity contribution in [2.45, 2.75) is 129 Å². The van der Waals surface area contributed by atoms with Crippen molar-refractivity contribution in [3.05, 3.63) is 29.8 Å². The largest absolute Gasteiger partial charge is 0.497 e. The molecule has 19 unspecified atom stereocenters. The van der Waals surface area contributed by atoms with E-state index >= 15 is 0 Å². The molecular weight excluding hydrogens is 682 g/mol. The summed E-state index contributed by atoms with van der Waals surface area (Å²) in [5.74, 6) is 0.654. The molecule has 0 spiro atoms. The molecular formula is C31H53N5O15. The van der Waals surface area contributed by atoms with Crippen molar-refractivity contribution in [1.82, 2.24) is 0 Å². The molecule has 20 heteroatoms. The van der Waals surface area contributed by atoms with Crippen molar-refractivity contribution < 1.29 is 73.6 Å². The molecule has 4 aliphatic rings. The number of ether oxygens (including phenoxy) is 8. The smallest absolute Gasteiger partial charge is 0.187 e. The van der Waals surface area contributed by atoms with E-state index in [4.69, 9.17) is 66.6 Å². The summed E-state index contributed by atoms with van der Waals surface area (Å²) in [6.45, 7) is -1.33. The third-order valence-corrected chi connectivity index (χ3v) is 9.89. The molecule has 0 amide bonds. The first kappa shape index (κ1) is 40.4. The van der Waals surface area contributed by atoms with Crippen LogP contribution in [0.15, 0.2) is 24.3 Å². The van der Waals surface area contributed by atoms with Crippen LogP contribution < -0.4 is 33.4 Å². The van der Waals surface area contributed by atoms with Crippen LogP contribution in [0.2, 0.25) is 0 Å². The van der Waals surface area contributed by atoms with Gasteiger partial charge in [-0.15, -0.1) is 0 Å². The zero-order chi connectivity index (χ0) is 37.1. The van der Waals surface area contributed by atoms with Gasteiger partial charge in [-0.2, -0.15) is 0 Å². The summed E-state index contributed by atoms with van der Waals surface area (Å²) in [4.78, 5) is 0. The summed E-state index contributed by atoms with van der Waals surface area (Å²) in [6.07, 6.45) is -19.8. The molecule has 17 N–H and O–H groups in total. The maximum atomic E-state index is 11.3. The SMILES string of the molecule is COc1ccc(COC2C(CO)OC(OC3C(N)CC(N)C(O)C3OC3OC(CO)C(OC4OC(CN)C(O)C(O)C4N)C3O)C(N)C2O)cc1. The lowest BCUT2D eigenvalue weighted by Gasteiger charge is -2.47. The Morgan fingerprint density at radius 2 is 1.18 bits per heavy atom. The minimum absolute atomic E-state index is 0.0650. The average Bonchev–Trinajstić information content (AvgIpc) is 3.43. The minimum atomic E-state index is -1.63. The van der Waals surface area contributed by atoms with Gasteiger partial charge < -0.3 is 102 Å². The first-order chi connectivity index (χ1) is 24.3. The molecule has 51 heavy (non-hydrogen) atoms. The Labute approximate surface area is 294 Å². The highest BCUT2D eigenvalue weighted by atomic mass is 16.8. The first-order valence-electron chi connectivity index (χ1n) is 16.8. The molecule has 1 aromatic rings. The van der Waals surface area contributed by atoms with E-state index in [1.54, 1.807) is 31.4 Å². The topological polar surface area (TPSA) is 346 Å². The second-order valence-corrected chi connectivity index (χ2v) is 13.3. The summed E-state index contributed by atoms with van der Waals surface area (Å²) in [7, 11) is 1.55. The second kappa shape index (κ2) is 17.6. The van der Waals surface area contributed by atoms with Gasteiger partial charge in [0.05, 0.1) is 45.1 Å². The van der Waals surface area contributed by atoms with Crippen molar-refractivity contribution in [3.8, 4) is 5.75 Å². The van der Waals surface area contributed by atoms with Gasteiger partial charge in [-0.1, -0.05) is 12.1 Å². The standard InChI is InChI=1S/C31H53N5O15/c1-44-12-4-2-11(3-5-12)10-45-26-16(8-37)47-30(19(36)23(26)42)49-25-14(34)6-13(33)20(39)28(25)51-31-24(43)27(17(9-38)48-31)50-29-18(35)22(41)21(40)15(7-32)46-29/h2-5,13-31,37-43H,6-10,32-36H2,1H3. The van der Waals surface area contributed by atoms with Gasteiger partial charge >= 0.3 is 0 Å². The first-order valence-corrected chi connectivity index (χ1v) is 16.8. The second-order valence-electron chi connectivity index (χ2n) is 13.3. The quantitative estimate of drug-likeness (QED) is 0.0895. The van der Waals surface area contributed by atoms with Crippen molar-refractivity contribution in [2.24, 2.45) is 28.7 Å². The van der Waals surface area contributed by atoms with E-state index in [0.29, 0.717) is 5.75 Å². The Bertz CT molecular complexity index is 1220. The molecule has 1 aromatic carbocycles. The number of rotatable bonds is 13. The lowest BCUT2D eigenvalue weighted by Crippen LogP contribution is -2.68. The van der Waals surface area contributed by atoms with Gasteiger partial charge in [-0.25, -0.2) is 0 Å². The number of hydrogen-bond acceptors (Lipinski definition) is 20. The van der Waals surface area contributed by atoms with E-state index in [1.165, 1.54) is 0 Å². The van der Waals surface area contributed by atoms with E-state index in [2.05, 4.69) is 0 Å². The number of methoxy groups -OCH3 is 1. The fourth-order valence-corrected chi connectivity index (χ4v) is 6.80. The van der Waals surface area contributed by atoms with Gasteiger partial charge in [0.2, 0.25) is 0 Å². The lowest BCUT2D eigenvalue weighted by atomic mass is 9.84. The van der Waals surface area contributed by atoms with Crippen LogP contribution in [-0.2, 0) is 39.8 Å². The third kappa shape index (κ3) is 8.65. The van der Waals surface area contributed by atoms with E-state index in [9.17, 15) is 35.7 Å². The molecule has 5 rings (SSSR count). The van der Waals surface area contributed by atoms with Crippen molar-refractivity contribution in [2.75, 3.05) is 26.9 Å². The Hall–Kier alpha value is -1.74. The van der Waals surface area contributed by atoms with Crippen molar-refractivity contribution in [3.63, 3.8) is 0 Å². The van der Waals surface area contributed by atoms with Gasteiger partial charge in [-0.05, 0) is 24.1 Å². The van der Waals surface area contributed by atoms with Gasteiger partial charge in [0.25, 0.3) is 0 Å². The van der Waals surface area contributed by atoms with E-state index in [0.717, 1.165) is 5.56 Å². The maximum Gasteiger partial charge on any atom is 0.187 e. The molecule has 19 atom stereocenters. The molecule has 1 aliphatic carbocycles. The van der Waals surface area contributed by atoms with Crippen LogP contribution in [0, 0.1) is 0 Å². The molecule has 3 heterocycles. The van der Waals surface area contributed by atoms with Crippen LogP contribution in [0.4, 0.5) is 0 Å². The zero-order valence-electron chi connectivity index (χ0n) is 28.1. The Balaban J connectivity index is 1.27. The molecule has 0 aromatic heterocycles. The summed E-state index contributed by atoms with van der Waals surface area (Å²) in [5, 5.41) is 74.4. The van der Waals surface area contributed by atoms with Crippen molar-refractivity contribution in [1.29, 1.82) is 0 Å². The molecule has 20 nitrogen and oxygen atoms in total. The maximum absolute atomic E-state index is 11.3. The highest BCUT2D eigenvalue weighted by Gasteiger charge is 2.54. The van der Waals surface area contributed by atoms with Crippen LogP contribution in [-0.4, -0.2) is 179 Å². The normalized spacial score (nSPS) is 46.3. The number of aliphatic hydroxyl groups excluding tert-OH is 7. The summed E-state index contributed by atoms with van der Waals surface area (Å²) < 4.78 is 46.5. The van der Waals surface area contributed by atoms with Gasteiger partial charge in [-0.3, -0.25) is 0 Å². The van der Waals surface area contributed by atoms with Crippen LogP contribution >= 0.6 is 0 Å². The average molecular weight is 736 g/mol. The fourth-order valence-electron chi connectivity index (χ4n) is 6.80. The van der Waals surface area contributed by atoms with Gasteiger partial charge in [0.15, 0.2) is 18.9 Å². The molecule has 4 fully saturated rings. The number of benzene rings is 1. The van der Waals surface area contributed by atoms with E-state index < -0.39 is 129 Å². The zero-order valence-corrected chi connectivity index (χ0v) is 28.1. The van der Waals surface area contributed by atoms with Gasteiger partial charge in [0.1, 0.15) is 72.9 Å². The van der Waals surface area contributed by atoms with Crippen LogP contribution in [0.1, 0.15) is 12.0 Å². The number of nitrogens with two attached hydrogens (primary N) is 5. The third-order valence-electron chi connectivity index (χ3n) is 9.89. The highest BCUT2D eigenvalue weighted by Crippen LogP contribution is 2.34. The summed E-state index contributed by atoms with van der Waals surface area (Å²) in [5.41, 5.74) is 31.4. The predicted molar refractivity (Wildman–Crippen MR) is 172 cm³/mol. The Morgan fingerprint density at radius 3 is 1.78 bits per heavy atom. The van der Waals surface area contributed by atoms with Crippen LogP contribution in [0.3, 0.4) is 0 Å². The van der Waals surface area contributed by atoms with Crippen LogP contribution in [0.5, 0.6) is 5.75 Å². The van der Waals surface area contributed by atoms with E-state index in [-0.39, 0.29) is 19.6 Å². The molecule has 0 bridgehead atoms. The van der Waals surface area contributed by atoms with Crippen LogP contribution in [0.25, 0.3) is 0 Å².